The van der Waals surface area contributed by atoms with E-state index in [1.807, 2.05) is 36.4 Å². The second kappa shape index (κ2) is 13.8. The third kappa shape index (κ3) is 6.44. The lowest BCUT2D eigenvalue weighted by Gasteiger charge is -2.10. The van der Waals surface area contributed by atoms with Crippen molar-refractivity contribution in [2.24, 2.45) is 0 Å². The van der Waals surface area contributed by atoms with Crippen LogP contribution in [-0.2, 0) is 0 Å². The molecular weight excluding hydrogens is 660 g/mol. The van der Waals surface area contributed by atoms with Crippen LogP contribution in [0.15, 0.2) is 133 Å². The van der Waals surface area contributed by atoms with E-state index in [0.29, 0.717) is 22.3 Å². The number of phenols is 2. The fraction of sp³-hybridized carbons (Fsp3) is 0. The van der Waals surface area contributed by atoms with Crippen molar-refractivity contribution in [2.45, 2.75) is 0 Å². The summed E-state index contributed by atoms with van der Waals surface area (Å²) < 4.78 is 0. The molecule has 0 saturated carbocycles. The first-order valence-electron chi connectivity index (χ1n) is 16.0. The van der Waals surface area contributed by atoms with Crippen LogP contribution in [0.4, 0.5) is 0 Å². The molecular formula is C41H28N4O7. The molecule has 0 aliphatic heterocycles. The Morgan fingerprint density at radius 2 is 0.731 bits per heavy atom. The Balaban J connectivity index is 1.00. The summed E-state index contributed by atoms with van der Waals surface area (Å²) in [6.07, 6.45) is 0. The molecule has 6 aromatic carbocycles. The van der Waals surface area contributed by atoms with Crippen LogP contribution in [0.3, 0.4) is 0 Å². The van der Waals surface area contributed by atoms with E-state index in [2.05, 4.69) is 21.7 Å². The number of hydrogen-bond donors (Lipinski definition) is 6. The van der Waals surface area contributed by atoms with Crippen molar-refractivity contribution in [2.75, 3.05) is 0 Å². The molecule has 0 saturated heterocycles. The zero-order valence-electron chi connectivity index (χ0n) is 27.1. The number of para-hydroxylation sites is 2. The molecule has 52 heavy (non-hydrogen) atoms. The fourth-order valence-electron chi connectivity index (χ4n) is 5.90. The van der Waals surface area contributed by atoms with Crippen LogP contribution in [0, 0.1) is 0 Å². The molecule has 0 unspecified atom stereocenters. The number of carbonyl (C=O) groups excluding carboxylic acids is 5. The first-order chi connectivity index (χ1) is 25.2. The lowest BCUT2D eigenvalue weighted by atomic mass is 9.97. The highest BCUT2D eigenvalue weighted by atomic mass is 16.3. The quantitative estimate of drug-likeness (QED) is 0.120. The molecule has 11 nitrogen and oxygen atoms in total. The number of aromatic hydroxyl groups is 2. The van der Waals surface area contributed by atoms with Gasteiger partial charge in [0.15, 0.2) is 5.78 Å². The van der Waals surface area contributed by atoms with Crippen molar-refractivity contribution >= 4 is 29.4 Å². The predicted molar refractivity (Wildman–Crippen MR) is 192 cm³/mol. The van der Waals surface area contributed by atoms with Gasteiger partial charge in [-0.1, -0.05) is 72.8 Å². The van der Waals surface area contributed by atoms with Gasteiger partial charge in [-0.3, -0.25) is 45.7 Å². The molecule has 11 heteroatoms. The molecule has 254 valence electrons. The highest BCUT2D eigenvalue weighted by molar-refractivity contribution is 6.22. The maximum absolute atomic E-state index is 13.6. The highest BCUT2D eigenvalue weighted by Crippen LogP contribution is 2.40. The molecule has 1 aliphatic carbocycles. The van der Waals surface area contributed by atoms with Gasteiger partial charge in [-0.05, 0) is 94.0 Å². The SMILES string of the molecule is O=C(NNC(=O)c1ccccc1O)c1ccc(-c2ccc3c(c2)C(=O)c2cc(-c4ccc(C(=O)NNC(=O)c5ccccc5O)cc4)ccc2-3)cc1. The van der Waals surface area contributed by atoms with Crippen molar-refractivity contribution < 1.29 is 34.2 Å². The van der Waals surface area contributed by atoms with Crippen LogP contribution in [0.2, 0.25) is 0 Å². The molecule has 7 rings (SSSR count). The summed E-state index contributed by atoms with van der Waals surface area (Å²) in [6, 6.07) is 36.6. The van der Waals surface area contributed by atoms with E-state index in [1.165, 1.54) is 24.3 Å². The Hall–Kier alpha value is -7.53. The van der Waals surface area contributed by atoms with Crippen molar-refractivity contribution in [1.29, 1.82) is 0 Å². The normalized spacial score (nSPS) is 11.2. The third-order valence-corrected chi connectivity index (χ3v) is 8.66. The number of hydrazine groups is 2. The predicted octanol–water partition coefficient (Wildman–Crippen LogP) is 5.79. The molecule has 0 fully saturated rings. The van der Waals surface area contributed by atoms with Gasteiger partial charge in [0, 0.05) is 22.3 Å². The maximum Gasteiger partial charge on any atom is 0.273 e. The van der Waals surface area contributed by atoms with Crippen molar-refractivity contribution in [3.05, 3.63) is 167 Å². The summed E-state index contributed by atoms with van der Waals surface area (Å²) in [5.41, 5.74) is 15.7. The summed E-state index contributed by atoms with van der Waals surface area (Å²) >= 11 is 0. The minimum atomic E-state index is -0.659. The van der Waals surface area contributed by atoms with Gasteiger partial charge in [-0.25, -0.2) is 0 Å². The number of fused-ring (bicyclic) bond motifs is 3. The standard InChI is InChI=1S/C41H28N4O7/c46-35-7-3-1-5-31(35)40(51)44-42-38(49)25-13-9-23(10-14-25)27-17-19-29-30-20-18-28(22-34(30)37(48)33(29)21-27)24-11-15-26(16-12-24)39(50)43-45-41(52)32-6-2-4-8-36(32)47/h1-22,46-47H,(H,42,49)(H,43,50)(H,44,51)(H,45,52). The number of phenolic OH excluding ortho intramolecular Hbond substituents is 2. The van der Waals surface area contributed by atoms with Crippen LogP contribution < -0.4 is 21.7 Å². The van der Waals surface area contributed by atoms with E-state index in [1.54, 1.807) is 72.8 Å². The minimum absolute atomic E-state index is 0.0237. The molecule has 0 bridgehead atoms. The van der Waals surface area contributed by atoms with E-state index < -0.39 is 23.6 Å². The number of amides is 4. The second-order valence-corrected chi connectivity index (χ2v) is 11.9. The van der Waals surface area contributed by atoms with Gasteiger partial charge >= 0.3 is 0 Å². The molecule has 4 amide bonds. The van der Waals surface area contributed by atoms with Crippen molar-refractivity contribution in [1.82, 2.24) is 21.7 Å². The van der Waals surface area contributed by atoms with E-state index in [-0.39, 0.29) is 28.4 Å². The smallest absolute Gasteiger partial charge is 0.273 e. The highest BCUT2D eigenvalue weighted by Gasteiger charge is 2.27. The Bertz CT molecular complexity index is 2250. The van der Waals surface area contributed by atoms with Crippen molar-refractivity contribution in [3.63, 3.8) is 0 Å². The lowest BCUT2D eigenvalue weighted by molar-refractivity contribution is 0.0845. The first kappa shape index (κ1) is 33.0. The molecule has 0 aromatic heterocycles. The Morgan fingerprint density at radius 3 is 1.12 bits per heavy atom. The van der Waals surface area contributed by atoms with Gasteiger partial charge in [0.05, 0.1) is 11.1 Å². The van der Waals surface area contributed by atoms with Gasteiger partial charge in [0.1, 0.15) is 11.5 Å². The Kier molecular flexibility index (Phi) is 8.73. The molecule has 0 heterocycles. The van der Waals surface area contributed by atoms with Gasteiger partial charge in [-0.2, -0.15) is 0 Å². The molecule has 0 radical (unpaired) electrons. The molecule has 1 aliphatic rings. The zero-order valence-corrected chi connectivity index (χ0v) is 27.1. The van der Waals surface area contributed by atoms with E-state index in [9.17, 15) is 34.2 Å². The topological polar surface area (TPSA) is 174 Å². The summed E-state index contributed by atoms with van der Waals surface area (Å²) in [5, 5.41) is 19.7. The number of nitrogens with one attached hydrogen (secondary N) is 4. The second-order valence-electron chi connectivity index (χ2n) is 11.9. The van der Waals surface area contributed by atoms with Gasteiger partial charge in [-0.15, -0.1) is 0 Å². The molecule has 6 N–H and O–H groups in total. The summed E-state index contributed by atoms with van der Waals surface area (Å²) in [5.74, 6) is -2.94. The van der Waals surface area contributed by atoms with E-state index >= 15 is 0 Å². The summed E-state index contributed by atoms with van der Waals surface area (Å²) in [6.45, 7) is 0. The van der Waals surface area contributed by atoms with Crippen LogP contribution in [0.1, 0.15) is 57.4 Å². The largest absolute Gasteiger partial charge is 0.507 e. The third-order valence-electron chi connectivity index (χ3n) is 8.66. The average molecular weight is 689 g/mol. The lowest BCUT2D eigenvalue weighted by Crippen LogP contribution is -2.41. The van der Waals surface area contributed by atoms with Crippen LogP contribution in [0.25, 0.3) is 33.4 Å². The van der Waals surface area contributed by atoms with Crippen LogP contribution >= 0.6 is 0 Å². The van der Waals surface area contributed by atoms with Crippen molar-refractivity contribution in [3.8, 4) is 44.9 Å². The Labute approximate surface area is 296 Å². The number of rotatable bonds is 6. The van der Waals surface area contributed by atoms with Gasteiger partial charge < -0.3 is 10.2 Å². The number of ketones is 1. The fourth-order valence-corrected chi connectivity index (χ4v) is 5.90. The Morgan fingerprint density at radius 1 is 0.385 bits per heavy atom. The number of carbonyl (C=O) groups is 5. The van der Waals surface area contributed by atoms with Gasteiger partial charge in [0.2, 0.25) is 0 Å². The van der Waals surface area contributed by atoms with Gasteiger partial charge in [0.25, 0.3) is 23.6 Å². The first-order valence-corrected chi connectivity index (χ1v) is 16.0. The molecule has 6 aromatic rings. The number of hydrogen-bond acceptors (Lipinski definition) is 7. The average Bonchev–Trinajstić information content (AvgIpc) is 3.46. The molecule has 0 spiro atoms. The van der Waals surface area contributed by atoms with Crippen LogP contribution in [0.5, 0.6) is 11.5 Å². The van der Waals surface area contributed by atoms with E-state index in [0.717, 1.165) is 33.4 Å². The summed E-state index contributed by atoms with van der Waals surface area (Å²) in [4.78, 5) is 63.5. The van der Waals surface area contributed by atoms with E-state index in [4.69, 9.17) is 0 Å². The maximum atomic E-state index is 13.6. The number of benzene rings is 6. The van der Waals surface area contributed by atoms with Crippen LogP contribution in [-0.4, -0.2) is 39.6 Å². The molecule has 0 atom stereocenters. The monoisotopic (exact) mass is 688 g/mol. The zero-order chi connectivity index (χ0) is 36.4. The minimum Gasteiger partial charge on any atom is -0.507 e. The summed E-state index contributed by atoms with van der Waals surface area (Å²) in [7, 11) is 0.